The first kappa shape index (κ1) is 16.2. The highest BCUT2D eigenvalue weighted by atomic mass is 19.4. The van der Waals surface area contributed by atoms with Crippen molar-refractivity contribution < 1.29 is 22.7 Å². The van der Waals surface area contributed by atoms with E-state index in [0.717, 1.165) is 0 Å². The minimum absolute atomic E-state index is 0.115. The Hall–Kier alpha value is -0.780. The van der Waals surface area contributed by atoms with Gasteiger partial charge in [-0.05, 0) is 26.3 Å². The zero-order valence-corrected chi connectivity index (χ0v) is 10.3. The van der Waals surface area contributed by atoms with Gasteiger partial charge in [0.2, 0.25) is 0 Å². The molecule has 17 heavy (non-hydrogen) atoms. The van der Waals surface area contributed by atoms with Crippen LogP contribution in [0, 0.1) is 5.92 Å². The summed E-state index contributed by atoms with van der Waals surface area (Å²) in [6.45, 7) is 4.72. The molecule has 0 rings (SSSR count). The number of halogens is 3. The first-order valence-electron chi connectivity index (χ1n) is 5.81. The number of unbranched alkanes of at least 4 members (excludes halogenated alkanes) is 1. The normalized spacial score (nSPS) is 13.5. The third-order valence-electron chi connectivity index (χ3n) is 2.20. The first-order chi connectivity index (χ1) is 7.87. The quantitative estimate of drug-likeness (QED) is 0.535. The molecule has 102 valence electrons. The van der Waals surface area contributed by atoms with E-state index in [1.54, 1.807) is 13.8 Å². The summed E-state index contributed by atoms with van der Waals surface area (Å²) in [4.78, 5) is 11.2. The zero-order chi connectivity index (χ0) is 13.3. The topological polar surface area (TPSA) is 38.3 Å². The van der Waals surface area contributed by atoms with Crippen molar-refractivity contribution in [2.75, 3.05) is 19.7 Å². The Morgan fingerprint density at radius 1 is 1.35 bits per heavy atom. The summed E-state index contributed by atoms with van der Waals surface area (Å²) in [6, 6.07) is 0. The summed E-state index contributed by atoms with van der Waals surface area (Å²) >= 11 is 0. The maximum atomic E-state index is 11.8. The Morgan fingerprint density at radius 3 is 2.53 bits per heavy atom. The molecule has 0 aliphatic rings. The van der Waals surface area contributed by atoms with Crippen LogP contribution < -0.4 is 5.32 Å². The second kappa shape index (κ2) is 8.33. The Balaban J connectivity index is 3.42. The van der Waals surface area contributed by atoms with Crippen LogP contribution in [0.1, 0.15) is 33.1 Å². The first-order valence-corrected chi connectivity index (χ1v) is 5.81. The van der Waals surface area contributed by atoms with E-state index in [-0.39, 0.29) is 18.3 Å². The fourth-order valence-electron chi connectivity index (χ4n) is 1.26. The number of esters is 1. The van der Waals surface area contributed by atoms with Crippen molar-refractivity contribution in [1.82, 2.24) is 5.32 Å². The van der Waals surface area contributed by atoms with Crippen LogP contribution in [0.5, 0.6) is 0 Å². The highest BCUT2D eigenvalue weighted by Crippen LogP contribution is 2.21. The second-order valence-corrected chi connectivity index (χ2v) is 3.93. The van der Waals surface area contributed by atoms with Gasteiger partial charge in [0.15, 0.2) is 0 Å². The predicted octanol–water partition coefficient (Wildman–Crippen LogP) is 2.51. The summed E-state index contributed by atoms with van der Waals surface area (Å²) in [5, 5.41) is 2.94. The van der Waals surface area contributed by atoms with Gasteiger partial charge in [0.1, 0.15) is 0 Å². The molecule has 0 fully saturated rings. The minimum atomic E-state index is -4.07. The van der Waals surface area contributed by atoms with E-state index >= 15 is 0 Å². The summed E-state index contributed by atoms with van der Waals surface area (Å²) in [7, 11) is 0. The summed E-state index contributed by atoms with van der Waals surface area (Å²) in [5.41, 5.74) is 0. The van der Waals surface area contributed by atoms with E-state index < -0.39 is 12.6 Å². The maximum absolute atomic E-state index is 11.8. The lowest BCUT2D eigenvalue weighted by atomic mass is 10.2. The molecule has 1 unspecified atom stereocenters. The van der Waals surface area contributed by atoms with Crippen molar-refractivity contribution in [1.29, 1.82) is 0 Å². The van der Waals surface area contributed by atoms with Gasteiger partial charge in [0.25, 0.3) is 0 Å². The van der Waals surface area contributed by atoms with E-state index in [1.165, 1.54) is 0 Å². The number of rotatable bonds is 8. The predicted molar refractivity (Wildman–Crippen MR) is 58.6 cm³/mol. The molecule has 0 heterocycles. The highest BCUT2D eigenvalue weighted by molar-refractivity contribution is 5.72. The fourth-order valence-corrected chi connectivity index (χ4v) is 1.26. The van der Waals surface area contributed by atoms with E-state index in [1.807, 2.05) is 0 Å². The molecule has 0 spiro atoms. The average molecular weight is 255 g/mol. The van der Waals surface area contributed by atoms with Gasteiger partial charge >= 0.3 is 12.1 Å². The molecule has 0 aliphatic heterocycles. The standard InChI is InChI=1S/C11H20F3NO2/c1-3-17-10(16)9(2)8-15-7-5-4-6-11(12,13)14/h9,15H,3-8H2,1-2H3. The van der Waals surface area contributed by atoms with E-state index in [9.17, 15) is 18.0 Å². The van der Waals surface area contributed by atoms with Gasteiger partial charge in [0.05, 0.1) is 12.5 Å². The van der Waals surface area contributed by atoms with Gasteiger partial charge < -0.3 is 10.1 Å². The SMILES string of the molecule is CCOC(=O)C(C)CNCCCCC(F)(F)F. The van der Waals surface area contributed by atoms with Crippen LogP contribution in [0.15, 0.2) is 0 Å². The maximum Gasteiger partial charge on any atom is 0.389 e. The molecule has 0 saturated carbocycles. The van der Waals surface area contributed by atoms with Crippen LogP contribution >= 0.6 is 0 Å². The van der Waals surface area contributed by atoms with Crippen molar-refractivity contribution in [3.8, 4) is 0 Å². The van der Waals surface area contributed by atoms with E-state index in [4.69, 9.17) is 4.74 Å². The molecular weight excluding hydrogens is 235 g/mol. The lowest BCUT2D eigenvalue weighted by Gasteiger charge is -2.11. The van der Waals surface area contributed by atoms with Crippen molar-refractivity contribution in [3.05, 3.63) is 0 Å². The largest absolute Gasteiger partial charge is 0.466 e. The molecule has 0 aromatic carbocycles. The van der Waals surface area contributed by atoms with Crippen molar-refractivity contribution >= 4 is 5.97 Å². The van der Waals surface area contributed by atoms with Gasteiger partial charge in [-0.15, -0.1) is 0 Å². The number of ether oxygens (including phenoxy) is 1. The van der Waals surface area contributed by atoms with Gasteiger partial charge in [-0.3, -0.25) is 4.79 Å². The molecule has 0 bridgehead atoms. The van der Waals surface area contributed by atoms with Crippen molar-refractivity contribution in [2.24, 2.45) is 5.92 Å². The number of alkyl halides is 3. The number of hydrogen-bond acceptors (Lipinski definition) is 3. The van der Waals surface area contributed by atoms with Crippen LogP contribution in [0.3, 0.4) is 0 Å². The molecule has 0 aliphatic carbocycles. The fraction of sp³-hybridized carbons (Fsp3) is 0.909. The number of hydrogen-bond donors (Lipinski definition) is 1. The second-order valence-electron chi connectivity index (χ2n) is 3.93. The van der Waals surface area contributed by atoms with Gasteiger partial charge in [-0.1, -0.05) is 6.92 Å². The summed E-state index contributed by atoms with van der Waals surface area (Å²) in [6.07, 6.45) is -4.25. The van der Waals surface area contributed by atoms with Gasteiger partial charge in [-0.25, -0.2) is 0 Å². The zero-order valence-electron chi connectivity index (χ0n) is 10.3. The van der Waals surface area contributed by atoms with Crippen LogP contribution in [-0.4, -0.2) is 31.8 Å². The van der Waals surface area contributed by atoms with Gasteiger partial charge in [0, 0.05) is 13.0 Å². The van der Waals surface area contributed by atoms with Crippen molar-refractivity contribution in [3.63, 3.8) is 0 Å². The molecular formula is C11H20F3NO2. The van der Waals surface area contributed by atoms with Crippen LogP contribution in [0.2, 0.25) is 0 Å². The van der Waals surface area contributed by atoms with E-state index in [0.29, 0.717) is 26.1 Å². The van der Waals surface area contributed by atoms with Crippen LogP contribution in [0.25, 0.3) is 0 Å². The van der Waals surface area contributed by atoms with Crippen LogP contribution in [0.4, 0.5) is 13.2 Å². The Kier molecular flexibility index (Phi) is 7.95. The molecule has 0 saturated heterocycles. The Labute approximate surface area is 99.7 Å². The number of carbonyl (C=O) groups is 1. The van der Waals surface area contributed by atoms with Crippen LogP contribution in [-0.2, 0) is 9.53 Å². The number of carbonyl (C=O) groups excluding carboxylic acids is 1. The molecule has 3 nitrogen and oxygen atoms in total. The molecule has 0 radical (unpaired) electrons. The number of nitrogens with one attached hydrogen (secondary N) is 1. The molecule has 6 heteroatoms. The average Bonchev–Trinajstić information content (AvgIpc) is 2.21. The summed E-state index contributed by atoms with van der Waals surface area (Å²) < 4.78 is 40.2. The molecule has 0 aromatic rings. The monoisotopic (exact) mass is 255 g/mol. The Morgan fingerprint density at radius 2 is 2.00 bits per heavy atom. The summed E-state index contributed by atoms with van der Waals surface area (Å²) in [5.74, 6) is -0.548. The smallest absolute Gasteiger partial charge is 0.389 e. The molecule has 1 atom stereocenters. The van der Waals surface area contributed by atoms with Gasteiger partial charge in [-0.2, -0.15) is 13.2 Å². The minimum Gasteiger partial charge on any atom is -0.466 e. The van der Waals surface area contributed by atoms with E-state index in [2.05, 4.69) is 5.32 Å². The Bertz CT molecular complexity index is 219. The molecule has 1 N–H and O–H groups in total. The third-order valence-corrected chi connectivity index (χ3v) is 2.20. The third kappa shape index (κ3) is 10.1. The lowest BCUT2D eigenvalue weighted by Crippen LogP contribution is -2.28. The molecule has 0 amide bonds. The lowest BCUT2D eigenvalue weighted by molar-refractivity contribution is -0.147. The highest BCUT2D eigenvalue weighted by Gasteiger charge is 2.25. The van der Waals surface area contributed by atoms with Crippen molar-refractivity contribution in [2.45, 2.75) is 39.3 Å². The molecule has 0 aromatic heterocycles.